The number of hydrogen-bond donors (Lipinski definition) is 3. The van der Waals surface area contributed by atoms with E-state index in [0.29, 0.717) is 11.1 Å². The predicted molar refractivity (Wildman–Crippen MR) is 109 cm³/mol. The van der Waals surface area contributed by atoms with Gasteiger partial charge in [0.05, 0.1) is 18.2 Å². The number of benzene rings is 2. The highest BCUT2D eigenvalue weighted by Crippen LogP contribution is 2.36. The average molecular weight is 412 g/mol. The number of aromatic hydroxyl groups is 1. The second kappa shape index (κ2) is 9.82. The fraction of sp³-hybridized carbons (Fsp3) is 0.150. The number of amides is 2. The molecule has 30 heavy (non-hydrogen) atoms. The normalized spacial score (nSPS) is 10.4. The fourth-order valence-electron chi connectivity index (χ4n) is 2.39. The van der Waals surface area contributed by atoms with Gasteiger partial charge in [0.2, 0.25) is 5.75 Å². The Kier molecular flexibility index (Phi) is 7.23. The lowest BCUT2D eigenvalue weighted by molar-refractivity contribution is -0.386. The van der Waals surface area contributed by atoms with Gasteiger partial charge in [0.25, 0.3) is 11.8 Å². The number of rotatable bonds is 7. The summed E-state index contributed by atoms with van der Waals surface area (Å²) >= 11 is 0. The van der Waals surface area contributed by atoms with Crippen molar-refractivity contribution in [2.24, 2.45) is 5.10 Å². The molecule has 0 bridgehead atoms. The summed E-state index contributed by atoms with van der Waals surface area (Å²) in [5, 5.41) is 27.1. The molecule has 10 heteroatoms. The zero-order valence-corrected chi connectivity index (χ0v) is 16.5. The van der Waals surface area contributed by atoms with Gasteiger partial charge in [-0.05, 0) is 37.6 Å². The maximum atomic E-state index is 12.4. The molecular formula is C20H20N4O6. The Bertz CT molecular complexity index is 1030. The molecule has 0 heterocycles. The van der Waals surface area contributed by atoms with Gasteiger partial charge in [-0.1, -0.05) is 18.2 Å². The third-order valence-electron chi connectivity index (χ3n) is 3.88. The van der Waals surface area contributed by atoms with Crippen molar-refractivity contribution in [2.75, 3.05) is 7.11 Å². The highest BCUT2D eigenvalue weighted by molar-refractivity contribution is 6.03. The molecule has 0 aromatic heterocycles. The highest BCUT2D eigenvalue weighted by Gasteiger charge is 2.19. The molecule has 2 aromatic carbocycles. The number of hydrogen-bond acceptors (Lipinski definition) is 7. The third-order valence-corrected chi connectivity index (χ3v) is 3.88. The van der Waals surface area contributed by atoms with E-state index < -0.39 is 28.2 Å². The van der Waals surface area contributed by atoms with Crippen LogP contribution in [0.3, 0.4) is 0 Å². The number of phenolic OH excluding ortho intramolecular Hbond substituents is 1. The molecule has 3 N–H and O–H groups in total. The Balaban J connectivity index is 2.15. The Labute approximate surface area is 172 Å². The number of carbonyl (C=O) groups is 2. The maximum absolute atomic E-state index is 12.4. The summed E-state index contributed by atoms with van der Waals surface area (Å²) in [6, 6.07) is 10.8. The quantitative estimate of drug-likeness (QED) is 0.276. The van der Waals surface area contributed by atoms with Crippen molar-refractivity contribution < 1.29 is 24.4 Å². The minimum atomic E-state index is -0.770. The van der Waals surface area contributed by atoms with Crippen LogP contribution in [0.5, 0.6) is 11.5 Å². The number of carbonyl (C=O) groups excluding carboxylic acids is 2. The summed E-state index contributed by atoms with van der Waals surface area (Å²) in [5.74, 6) is -1.85. The first-order valence-corrected chi connectivity index (χ1v) is 8.67. The first-order valence-electron chi connectivity index (χ1n) is 8.67. The van der Waals surface area contributed by atoms with Crippen LogP contribution in [0.2, 0.25) is 0 Å². The molecule has 10 nitrogen and oxygen atoms in total. The van der Waals surface area contributed by atoms with Gasteiger partial charge in [-0.25, -0.2) is 5.43 Å². The molecule has 2 amide bonds. The Morgan fingerprint density at radius 3 is 2.43 bits per heavy atom. The average Bonchev–Trinajstić information content (AvgIpc) is 2.72. The molecule has 0 aliphatic heterocycles. The lowest BCUT2D eigenvalue weighted by atomic mass is 10.2. The lowest BCUT2D eigenvalue weighted by Crippen LogP contribution is -2.33. The summed E-state index contributed by atoms with van der Waals surface area (Å²) in [5.41, 5.74) is 2.86. The Hall–Kier alpha value is -4.21. The van der Waals surface area contributed by atoms with Crippen molar-refractivity contribution in [1.29, 1.82) is 0 Å². The number of nitro groups is 1. The van der Waals surface area contributed by atoms with E-state index in [4.69, 9.17) is 4.74 Å². The number of nitrogens with zero attached hydrogens (tertiary/aromatic N) is 2. The van der Waals surface area contributed by atoms with Crippen LogP contribution in [-0.2, 0) is 4.79 Å². The molecule has 0 radical (unpaired) electrons. The second-order valence-corrected chi connectivity index (χ2v) is 6.24. The zero-order valence-electron chi connectivity index (χ0n) is 16.5. The number of hydrazone groups is 1. The summed E-state index contributed by atoms with van der Waals surface area (Å²) in [4.78, 5) is 35.0. The van der Waals surface area contributed by atoms with Gasteiger partial charge in [-0.3, -0.25) is 19.7 Å². The van der Waals surface area contributed by atoms with Gasteiger partial charge in [0, 0.05) is 17.2 Å². The monoisotopic (exact) mass is 412 g/mol. The van der Waals surface area contributed by atoms with Crippen LogP contribution in [0.1, 0.15) is 29.8 Å². The third kappa shape index (κ3) is 5.41. The zero-order chi connectivity index (χ0) is 22.3. The van der Waals surface area contributed by atoms with E-state index in [-0.39, 0.29) is 17.0 Å². The molecular weight excluding hydrogens is 392 g/mol. The molecule has 0 spiro atoms. The summed E-state index contributed by atoms with van der Waals surface area (Å²) in [6.07, 6.45) is 1.15. The molecule has 0 saturated heterocycles. The number of methoxy groups -OCH3 is 1. The number of nitro benzene ring substituents is 1. The number of nitrogens with one attached hydrogen (secondary N) is 2. The van der Waals surface area contributed by atoms with Crippen LogP contribution >= 0.6 is 0 Å². The van der Waals surface area contributed by atoms with Gasteiger partial charge < -0.3 is 15.2 Å². The topological polar surface area (TPSA) is 143 Å². The Morgan fingerprint density at radius 1 is 1.20 bits per heavy atom. The van der Waals surface area contributed by atoms with E-state index >= 15 is 0 Å². The van der Waals surface area contributed by atoms with Gasteiger partial charge in [-0.15, -0.1) is 0 Å². The summed E-state index contributed by atoms with van der Waals surface area (Å²) in [7, 11) is 1.25. The van der Waals surface area contributed by atoms with Crippen LogP contribution in [-0.4, -0.2) is 35.2 Å². The van der Waals surface area contributed by atoms with Crippen molar-refractivity contribution in [3.63, 3.8) is 0 Å². The van der Waals surface area contributed by atoms with Crippen molar-refractivity contribution in [1.82, 2.24) is 10.7 Å². The van der Waals surface area contributed by atoms with E-state index in [0.717, 1.165) is 12.3 Å². The van der Waals surface area contributed by atoms with E-state index in [2.05, 4.69) is 15.8 Å². The van der Waals surface area contributed by atoms with E-state index in [1.54, 1.807) is 44.2 Å². The van der Waals surface area contributed by atoms with Crippen LogP contribution in [0.25, 0.3) is 0 Å². The standard InChI is InChI=1S/C20H20N4O6/c1-12(2)17(22-19(26)14-7-5-4-6-8-14)20(27)23-21-11-13-9-15(24(28)29)18(25)16(10-13)30-3/h4-11,25H,1-3H3,(H,22,26)(H,23,27). The first kappa shape index (κ1) is 22.1. The van der Waals surface area contributed by atoms with Gasteiger partial charge in [0.15, 0.2) is 5.75 Å². The minimum Gasteiger partial charge on any atom is -0.500 e. The van der Waals surface area contributed by atoms with Crippen LogP contribution in [0.4, 0.5) is 5.69 Å². The molecule has 0 aliphatic rings. The number of phenols is 1. The fourth-order valence-corrected chi connectivity index (χ4v) is 2.39. The smallest absolute Gasteiger partial charge is 0.315 e. The highest BCUT2D eigenvalue weighted by atomic mass is 16.6. The minimum absolute atomic E-state index is 0.0234. The largest absolute Gasteiger partial charge is 0.500 e. The van der Waals surface area contributed by atoms with Gasteiger partial charge >= 0.3 is 5.69 Å². The van der Waals surface area contributed by atoms with Crippen LogP contribution in [0.15, 0.2) is 58.8 Å². The van der Waals surface area contributed by atoms with Crippen LogP contribution < -0.4 is 15.5 Å². The number of allylic oxidation sites excluding steroid dienone is 1. The molecule has 0 saturated carbocycles. The molecule has 0 fully saturated rings. The lowest BCUT2D eigenvalue weighted by Gasteiger charge is -2.10. The first-order chi connectivity index (χ1) is 14.2. The molecule has 2 rings (SSSR count). The van der Waals surface area contributed by atoms with Crippen molar-refractivity contribution in [3.05, 3.63) is 75.0 Å². The van der Waals surface area contributed by atoms with Crippen LogP contribution in [0, 0.1) is 10.1 Å². The van der Waals surface area contributed by atoms with E-state index in [9.17, 15) is 24.8 Å². The molecule has 2 aromatic rings. The Morgan fingerprint density at radius 2 is 1.87 bits per heavy atom. The van der Waals surface area contributed by atoms with E-state index in [1.807, 2.05) is 0 Å². The SMILES string of the molecule is COc1cc(C=NNC(=O)C(NC(=O)c2ccccc2)=C(C)C)cc([N+](=O)[O-])c1O. The number of ether oxygens (including phenoxy) is 1. The van der Waals surface area contributed by atoms with Gasteiger partial charge in [-0.2, -0.15) is 5.10 Å². The predicted octanol–water partition coefficient (Wildman–Crippen LogP) is 2.48. The molecule has 0 aliphatic carbocycles. The molecule has 0 unspecified atom stereocenters. The second-order valence-electron chi connectivity index (χ2n) is 6.24. The summed E-state index contributed by atoms with van der Waals surface area (Å²) < 4.78 is 4.90. The van der Waals surface area contributed by atoms with Crippen molar-refractivity contribution >= 4 is 23.7 Å². The summed E-state index contributed by atoms with van der Waals surface area (Å²) in [6.45, 7) is 3.30. The van der Waals surface area contributed by atoms with E-state index in [1.165, 1.54) is 13.2 Å². The van der Waals surface area contributed by atoms with Crippen molar-refractivity contribution in [3.8, 4) is 11.5 Å². The maximum Gasteiger partial charge on any atom is 0.315 e. The molecule has 156 valence electrons. The van der Waals surface area contributed by atoms with Gasteiger partial charge in [0.1, 0.15) is 5.70 Å². The molecule has 0 atom stereocenters. The van der Waals surface area contributed by atoms with Crippen molar-refractivity contribution in [2.45, 2.75) is 13.8 Å².